The first kappa shape index (κ1) is 40.3. The Kier molecular flexibility index (Phi) is 9.79. The summed E-state index contributed by atoms with van der Waals surface area (Å²) in [4.78, 5) is 7.76. The Hall–Kier alpha value is -5.52. The van der Waals surface area contributed by atoms with Gasteiger partial charge < -0.3 is 4.90 Å². The molecule has 0 bridgehead atoms. The Morgan fingerprint density at radius 3 is 1.53 bits per heavy atom. The second kappa shape index (κ2) is 14.3. The molecular formula is C54H60N4Si. The first-order valence-corrected chi connectivity index (χ1v) is 23.1. The number of fused-ring (bicyclic) bond motifs is 3. The van der Waals surface area contributed by atoms with E-state index in [9.17, 15) is 0 Å². The molecule has 0 fully saturated rings. The van der Waals surface area contributed by atoms with Crippen molar-refractivity contribution in [1.29, 1.82) is 0 Å². The molecule has 0 amide bonds. The lowest BCUT2D eigenvalue weighted by molar-refractivity contribution is 0.569. The van der Waals surface area contributed by atoms with Crippen molar-refractivity contribution < 1.29 is 0 Å². The van der Waals surface area contributed by atoms with E-state index < -0.39 is 8.07 Å². The van der Waals surface area contributed by atoms with Crippen LogP contribution in [-0.4, -0.2) is 22.8 Å². The maximum atomic E-state index is 5.30. The van der Waals surface area contributed by atoms with Crippen molar-refractivity contribution in [3.05, 3.63) is 168 Å². The molecule has 0 spiro atoms. The zero-order valence-electron chi connectivity index (χ0n) is 37.1. The Morgan fingerprint density at radius 2 is 1.02 bits per heavy atom. The molecule has 1 aliphatic rings. The van der Waals surface area contributed by atoms with Crippen molar-refractivity contribution >= 4 is 46.0 Å². The smallest absolute Gasteiger partial charge is 0.203 e. The van der Waals surface area contributed by atoms with Gasteiger partial charge in [-0.1, -0.05) is 150 Å². The molecule has 0 radical (unpaired) electrons. The molecule has 8 rings (SSSR count). The van der Waals surface area contributed by atoms with Crippen LogP contribution in [0.5, 0.6) is 0 Å². The average Bonchev–Trinajstić information content (AvgIpc) is 3.83. The highest BCUT2D eigenvalue weighted by Gasteiger charge is 2.50. The number of benzene rings is 5. The quantitative estimate of drug-likeness (QED) is 0.157. The normalized spacial score (nSPS) is 13.9. The molecule has 59 heavy (non-hydrogen) atoms. The molecule has 0 aliphatic carbocycles. The third-order valence-electron chi connectivity index (χ3n) is 12.2. The van der Waals surface area contributed by atoms with Gasteiger partial charge in [-0.3, -0.25) is 4.98 Å². The second-order valence-corrected chi connectivity index (χ2v) is 24.3. The molecule has 2 aromatic heterocycles. The van der Waals surface area contributed by atoms with Crippen molar-refractivity contribution in [1.82, 2.24) is 14.8 Å². The summed E-state index contributed by atoms with van der Waals surface area (Å²) in [6.45, 7) is 27.8. The lowest BCUT2D eigenvalue weighted by Crippen LogP contribution is -2.73. The van der Waals surface area contributed by atoms with Gasteiger partial charge in [-0.25, -0.2) is 4.68 Å². The summed E-state index contributed by atoms with van der Waals surface area (Å²) in [5.41, 5.74) is 12.3. The fourth-order valence-corrected chi connectivity index (χ4v) is 13.7. The number of pyridine rings is 1. The lowest BCUT2D eigenvalue weighted by atomic mass is 9.80. The van der Waals surface area contributed by atoms with Crippen LogP contribution in [0.4, 0.5) is 17.1 Å². The summed E-state index contributed by atoms with van der Waals surface area (Å²) in [7, 11) is -2.96. The molecule has 0 saturated heterocycles. The molecule has 0 saturated carbocycles. The standard InChI is InChI=1S/C54H60N4Si/c1-51(2,3)37-23-25-48-46(33-37)47-34-38(52(4,5)6)24-26-49(47)59(48,50-22-13-14-27-55-50)45-21-16-20-43(36-45)58(42-19-15-18-41(35-42)57-29-17-28-56-57)44-31-39(53(7,8)9)30-40(32-44)54(10,11)12/h13-36H,1-12H3. The maximum absolute atomic E-state index is 5.30. The van der Waals surface area contributed by atoms with E-state index in [1.807, 2.05) is 35.4 Å². The third kappa shape index (κ3) is 7.28. The highest BCUT2D eigenvalue weighted by Crippen LogP contribution is 2.41. The van der Waals surface area contributed by atoms with Gasteiger partial charge in [0.2, 0.25) is 8.07 Å². The van der Waals surface area contributed by atoms with E-state index >= 15 is 0 Å². The van der Waals surface area contributed by atoms with Crippen LogP contribution in [0.3, 0.4) is 0 Å². The van der Waals surface area contributed by atoms with Gasteiger partial charge in [0.1, 0.15) is 0 Å². The Morgan fingerprint density at radius 1 is 0.458 bits per heavy atom. The first-order valence-electron chi connectivity index (χ1n) is 21.1. The predicted molar refractivity (Wildman–Crippen MR) is 253 cm³/mol. The van der Waals surface area contributed by atoms with Crippen LogP contribution in [0.25, 0.3) is 16.8 Å². The molecule has 7 aromatic rings. The van der Waals surface area contributed by atoms with Crippen LogP contribution in [0.15, 0.2) is 146 Å². The van der Waals surface area contributed by atoms with Gasteiger partial charge in [0.25, 0.3) is 0 Å². The molecule has 3 heterocycles. The summed E-state index contributed by atoms with van der Waals surface area (Å²) in [5, 5.41) is 9.89. The minimum Gasteiger partial charge on any atom is -0.310 e. The summed E-state index contributed by atoms with van der Waals surface area (Å²) in [6.07, 6.45) is 5.83. The van der Waals surface area contributed by atoms with Crippen molar-refractivity contribution in [2.24, 2.45) is 0 Å². The van der Waals surface area contributed by atoms with E-state index in [4.69, 9.17) is 4.98 Å². The molecule has 300 valence electrons. The number of hydrogen-bond acceptors (Lipinski definition) is 3. The molecule has 0 unspecified atom stereocenters. The van der Waals surface area contributed by atoms with Crippen LogP contribution in [0.1, 0.15) is 105 Å². The summed E-state index contributed by atoms with van der Waals surface area (Å²) in [6, 6.07) is 48.5. The minimum absolute atomic E-state index is 0.00720. The molecule has 1 aliphatic heterocycles. The van der Waals surface area contributed by atoms with E-state index in [0.29, 0.717) is 0 Å². The van der Waals surface area contributed by atoms with Crippen molar-refractivity contribution in [2.75, 3.05) is 4.90 Å². The van der Waals surface area contributed by atoms with E-state index in [2.05, 4.69) is 208 Å². The van der Waals surface area contributed by atoms with Crippen molar-refractivity contribution in [3.8, 4) is 16.8 Å². The summed E-state index contributed by atoms with van der Waals surface area (Å²) >= 11 is 0. The Labute approximate surface area is 354 Å². The topological polar surface area (TPSA) is 34.0 Å². The Balaban J connectivity index is 1.44. The van der Waals surface area contributed by atoms with Crippen molar-refractivity contribution in [2.45, 2.75) is 105 Å². The van der Waals surface area contributed by atoms with Crippen LogP contribution < -0.4 is 25.8 Å². The van der Waals surface area contributed by atoms with Crippen LogP contribution in [0, 0.1) is 0 Å². The third-order valence-corrected chi connectivity index (χ3v) is 16.9. The first-order chi connectivity index (χ1) is 27.8. The van der Waals surface area contributed by atoms with E-state index in [1.165, 1.54) is 48.9 Å². The largest absolute Gasteiger partial charge is 0.310 e. The fraction of sp³-hybridized carbons (Fsp3) is 0.296. The van der Waals surface area contributed by atoms with Gasteiger partial charge in [-0.05, 0) is 131 Å². The number of hydrogen-bond donors (Lipinski definition) is 0. The zero-order valence-corrected chi connectivity index (χ0v) is 38.1. The van der Waals surface area contributed by atoms with Gasteiger partial charge in [-0.2, -0.15) is 5.10 Å². The second-order valence-electron chi connectivity index (χ2n) is 20.6. The lowest BCUT2D eigenvalue weighted by Gasteiger charge is -2.34. The molecule has 5 heteroatoms. The van der Waals surface area contributed by atoms with Crippen LogP contribution in [-0.2, 0) is 21.7 Å². The molecule has 4 nitrogen and oxygen atoms in total. The summed E-state index contributed by atoms with van der Waals surface area (Å²) < 4.78 is 1.94. The molecule has 0 N–H and O–H groups in total. The van der Waals surface area contributed by atoms with Gasteiger partial charge in [0.15, 0.2) is 0 Å². The monoisotopic (exact) mass is 792 g/mol. The van der Waals surface area contributed by atoms with Crippen LogP contribution in [0.2, 0.25) is 0 Å². The van der Waals surface area contributed by atoms with Gasteiger partial charge in [-0.15, -0.1) is 0 Å². The van der Waals surface area contributed by atoms with Gasteiger partial charge in [0.05, 0.1) is 5.69 Å². The Bertz CT molecular complexity index is 2550. The molecule has 5 aromatic carbocycles. The predicted octanol–water partition coefficient (Wildman–Crippen LogP) is 11.3. The zero-order chi connectivity index (χ0) is 42.1. The van der Waals surface area contributed by atoms with E-state index in [1.54, 1.807) is 0 Å². The van der Waals surface area contributed by atoms with Crippen molar-refractivity contribution in [3.63, 3.8) is 0 Å². The molecular weight excluding hydrogens is 733 g/mol. The molecule has 0 atom stereocenters. The van der Waals surface area contributed by atoms with E-state index in [-0.39, 0.29) is 21.7 Å². The van der Waals surface area contributed by atoms with Crippen LogP contribution >= 0.6 is 0 Å². The van der Waals surface area contributed by atoms with Gasteiger partial charge in [0, 0.05) is 41.0 Å². The highest BCUT2D eigenvalue weighted by molar-refractivity contribution is 7.21. The number of nitrogens with zero attached hydrogens (tertiary/aromatic N) is 4. The minimum atomic E-state index is -2.96. The highest BCUT2D eigenvalue weighted by atomic mass is 28.3. The van der Waals surface area contributed by atoms with E-state index in [0.717, 1.165) is 28.1 Å². The number of aromatic nitrogens is 3. The number of anilines is 3. The SMILES string of the molecule is CC(C)(C)c1cc(N(c2cccc(-n3cccn3)c2)c2cccc([Si]3(c4ccccn4)c4ccc(C(C)(C)C)cc4-c4cc(C(C)(C)C)ccc43)c2)cc(C(C)(C)C)c1. The van der Waals surface area contributed by atoms with Gasteiger partial charge >= 0.3 is 0 Å². The summed E-state index contributed by atoms with van der Waals surface area (Å²) in [5.74, 6) is 0. The average molecular weight is 793 g/mol. The maximum Gasteiger partial charge on any atom is 0.203 e. The number of rotatable bonds is 6. The fourth-order valence-electron chi connectivity index (χ4n) is 8.71.